The van der Waals surface area contributed by atoms with Crippen LogP contribution in [0.25, 0.3) is 0 Å². The second kappa shape index (κ2) is 1.48. The van der Waals surface area contributed by atoms with Crippen molar-refractivity contribution in [3.05, 3.63) is 10.5 Å². The maximum atomic E-state index is 10.2. The zero-order chi connectivity index (χ0) is 5.28. The summed E-state index contributed by atoms with van der Waals surface area (Å²) >= 11 is 0.598. The van der Waals surface area contributed by atoms with Gasteiger partial charge < -0.3 is 3.67 Å². The molecule has 0 aliphatic carbocycles. The van der Waals surface area contributed by atoms with Crippen LogP contribution in [0, 0.1) is 0 Å². The van der Waals surface area contributed by atoms with Crippen molar-refractivity contribution in [2.45, 2.75) is 0 Å². The van der Waals surface area contributed by atoms with Crippen molar-refractivity contribution < 1.29 is 0 Å². The summed E-state index contributed by atoms with van der Waals surface area (Å²) in [6.07, 6.45) is 0. The quantitative estimate of drug-likeness (QED) is 0.375. The molecule has 36 valence electrons. The Kier molecular flexibility index (Phi) is 0.966. The summed E-state index contributed by atoms with van der Waals surface area (Å²) in [7, 11) is 0. The molecule has 1 rings (SSSR count). The van der Waals surface area contributed by atoms with Crippen molar-refractivity contribution in [2.75, 3.05) is 0 Å². The Labute approximate surface area is 47.0 Å². The lowest BCUT2D eigenvalue weighted by molar-refractivity contribution is 0.842. The van der Waals surface area contributed by atoms with Gasteiger partial charge in [0.15, 0.2) is 0 Å². The molecule has 0 aromatic carbocycles. The van der Waals surface area contributed by atoms with Gasteiger partial charge in [0.05, 0.1) is 0 Å². The molecule has 0 aliphatic heterocycles. The van der Waals surface area contributed by atoms with Crippen LogP contribution in [-0.4, -0.2) is 35.7 Å². The Morgan fingerprint density at radius 2 is 2.57 bits per heavy atom. The molecule has 0 saturated heterocycles. The Hall–Kier alpha value is -0.598. The van der Waals surface area contributed by atoms with E-state index in [0.717, 1.165) is 0 Å². The van der Waals surface area contributed by atoms with E-state index in [9.17, 15) is 4.79 Å². The van der Waals surface area contributed by atoms with E-state index in [-0.39, 0.29) is 5.69 Å². The molecule has 6 heteroatoms. The number of hydrogen-bond donors (Lipinski definition) is 1. The molecular weight excluding hydrogens is 111 g/mol. The summed E-state index contributed by atoms with van der Waals surface area (Å²) in [5, 5.41) is 8.76. The summed E-state index contributed by atoms with van der Waals surface area (Å²) in [5.74, 6) is 0. The van der Waals surface area contributed by atoms with Crippen LogP contribution in [0.1, 0.15) is 0 Å². The van der Waals surface area contributed by atoms with Crippen LogP contribution in [0.15, 0.2) is 4.79 Å². The number of aromatic nitrogens is 4. The zero-order valence-corrected chi connectivity index (χ0v) is 5.75. The minimum absolute atomic E-state index is 0.230. The van der Waals surface area contributed by atoms with Crippen molar-refractivity contribution in [2.24, 2.45) is 0 Å². The number of aromatic amines is 1. The van der Waals surface area contributed by atoms with E-state index in [1.165, 1.54) is 3.67 Å². The normalized spacial score (nSPS) is 9.14. The van der Waals surface area contributed by atoms with E-state index in [1.807, 2.05) is 0 Å². The molecule has 0 unspecified atom stereocenters. The van der Waals surface area contributed by atoms with Gasteiger partial charge in [-0.05, 0) is 5.21 Å². The molecule has 7 heavy (non-hydrogen) atoms. The number of tetrazole rings is 1. The summed E-state index contributed by atoms with van der Waals surface area (Å²) in [6, 6.07) is 0. The molecular formula is CH3AlN4O. The van der Waals surface area contributed by atoms with Gasteiger partial charge in [0.25, 0.3) is 0 Å². The number of H-pyrrole nitrogens is 1. The molecule has 0 radical (unpaired) electrons. The molecule has 1 aromatic rings. The van der Waals surface area contributed by atoms with Crippen LogP contribution in [0.2, 0.25) is 0 Å². The molecule has 1 N–H and O–H groups in total. The fourth-order valence-electron chi connectivity index (χ4n) is 0.245. The predicted molar refractivity (Wildman–Crippen MR) is 24.6 cm³/mol. The van der Waals surface area contributed by atoms with E-state index in [4.69, 9.17) is 0 Å². The van der Waals surface area contributed by atoms with Crippen LogP contribution >= 0.6 is 0 Å². The molecule has 1 aromatic heterocycles. The van der Waals surface area contributed by atoms with Gasteiger partial charge in [-0.15, -0.1) is 0 Å². The third kappa shape index (κ3) is 0.707. The second-order valence-corrected chi connectivity index (χ2v) is 1.98. The Bertz CT molecular complexity index is 199. The average Bonchev–Trinajstić information content (AvgIpc) is 1.91. The maximum absolute atomic E-state index is 10.2. The first-order valence-electron chi connectivity index (χ1n) is 1.75. The Morgan fingerprint density at radius 3 is 2.71 bits per heavy atom. The number of nitrogens with one attached hydrogen (secondary N) is 1. The van der Waals surface area contributed by atoms with Crippen molar-refractivity contribution in [3.63, 3.8) is 0 Å². The third-order valence-corrected chi connectivity index (χ3v) is 1.20. The van der Waals surface area contributed by atoms with Gasteiger partial charge in [-0.1, -0.05) is 5.21 Å². The highest BCUT2D eigenvalue weighted by Gasteiger charge is 1.84. The Morgan fingerprint density at radius 1 is 1.86 bits per heavy atom. The average molecular weight is 114 g/mol. The lowest BCUT2D eigenvalue weighted by atomic mass is 11.4. The lowest BCUT2D eigenvalue weighted by Crippen LogP contribution is -2.15. The zero-order valence-electron chi connectivity index (χ0n) is 3.75. The lowest BCUT2D eigenvalue weighted by Gasteiger charge is -1.72. The highest BCUT2D eigenvalue weighted by molar-refractivity contribution is 6.05. The molecule has 5 nitrogen and oxygen atoms in total. The maximum Gasteiger partial charge on any atom is 0.409 e. The largest absolute Gasteiger partial charge is 0.409 e. The molecule has 0 aliphatic rings. The van der Waals surface area contributed by atoms with E-state index < -0.39 is 0 Å². The molecule has 0 fully saturated rings. The van der Waals surface area contributed by atoms with Crippen molar-refractivity contribution >= 4 is 16.5 Å². The second-order valence-electron chi connectivity index (χ2n) is 1.13. The first-order valence-corrected chi connectivity index (χ1v) is 2.64. The molecule has 0 saturated carbocycles. The van der Waals surface area contributed by atoms with Gasteiger partial charge in [-0.2, -0.15) is 0 Å². The van der Waals surface area contributed by atoms with Gasteiger partial charge >= 0.3 is 22.2 Å². The number of rotatable bonds is 0. The minimum atomic E-state index is -0.230. The molecule has 0 atom stereocenters. The first kappa shape index (κ1) is 4.56. The number of nitrogens with zero attached hydrogens (tertiary/aromatic N) is 3. The Balaban J connectivity index is 3.39. The summed E-state index contributed by atoms with van der Waals surface area (Å²) < 4.78 is 1.25. The van der Waals surface area contributed by atoms with Crippen molar-refractivity contribution in [3.8, 4) is 0 Å². The van der Waals surface area contributed by atoms with Crippen molar-refractivity contribution in [1.29, 1.82) is 0 Å². The van der Waals surface area contributed by atoms with Crippen LogP contribution in [0.4, 0.5) is 0 Å². The van der Waals surface area contributed by atoms with E-state index >= 15 is 0 Å². The molecule has 0 bridgehead atoms. The third-order valence-electron chi connectivity index (χ3n) is 0.618. The summed E-state index contributed by atoms with van der Waals surface area (Å²) in [6.45, 7) is 0. The molecule has 0 amide bonds. The summed E-state index contributed by atoms with van der Waals surface area (Å²) in [4.78, 5) is 10.2. The van der Waals surface area contributed by atoms with Gasteiger partial charge in [0.2, 0.25) is 0 Å². The highest BCUT2D eigenvalue weighted by Crippen LogP contribution is 1.44. The van der Waals surface area contributed by atoms with Crippen LogP contribution in [0.5, 0.6) is 0 Å². The van der Waals surface area contributed by atoms with E-state index in [0.29, 0.717) is 16.5 Å². The van der Waals surface area contributed by atoms with E-state index in [1.54, 1.807) is 0 Å². The van der Waals surface area contributed by atoms with Gasteiger partial charge in [-0.25, -0.2) is 9.89 Å². The fraction of sp³-hybridized carbons (Fsp3) is 0. The van der Waals surface area contributed by atoms with Crippen molar-refractivity contribution in [1.82, 2.24) is 19.2 Å². The standard InChI is InChI=1S/CH2N4O.Al.2H/c6-1-2-4-5-3-1;;;/h(H2,2,3,4,5,6);;;/q;+1;;/p-1. The molecule has 0 spiro atoms. The SMILES string of the molecule is O=c1[nH]nn[n]1[AlH2]. The summed E-state index contributed by atoms with van der Waals surface area (Å²) in [5.41, 5.74) is -0.230. The van der Waals surface area contributed by atoms with Crippen LogP contribution < -0.4 is 5.69 Å². The topological polar surface area (TPSA) is 63.6 Å². The van der Waals surface area contributed by atoms with Gasteiger partial charge in [0.1, 0.15) is 0 Å². The first-order chi connectivity index (χ1) is 3.30. The van der Waals surface area contributed by atoms with Crippen LogP contribution in [0.3, 0.4) is 0 Å². The fourth-order valence-corrected chi connectivity index (χ4v) is 0.435. The predicted octanol–water partition coefficient (Wildman–Crippen LogP) is -2.64. The van der Waals surface area contributed by atoms with Crippen LogP contribution in [-0.2, 0) is 0 Å². The minimum Gasteiger partial charge on any atom is -0.303 e. The highest BCUT2D eigenvalue weighted by atomic mass is 27.1. The monoisotopic (exact) mass is 114 g/mol. The number of hydrogen-bond acceptors (Lipinski definition) is 3. The van der Waals surface area contributed by atoms with Gasteiger partial charge in [-0.3, -0.25) is 0 Å². The smallest absolute Gasteiger partial charge is 0.303 e. The van der Waals surface area contributed by atoms with Gasteiger partial charge in [0, 0.05) is 0 Å². The van der Waals surface area contributed by atoms with E-state index in [2.05, 4.69) is 15.5 Å². The molecule has 1 heterocycles.